The van der Waals surface area contributed by atoms with Crippen molar-refractivity contribution in [2.75, 3.05) is 19.7 Å². The lowest BCUT2D eigenvalue weighted by Gasteiger charge is -2.20. The molecule has 0 aromatic carbocycles. The maximum Gasteiger partial charge on any atom is 0.320 e. The predicted molar refractivity (Wildman–Crippen MR) is 72.4 cm³/mol. The number of unbranched alkanes of at least 4 members (excludes halogenated alkanes) is 1. The molecule has 0 aliphatic carbocycles. The molecule has 124 valence electrons. The van der Waals surface area contributed by atoms with Crippen LogP contribution in [0.3, 0.4) is 0 Å². The van der Waals surface area contributed by atoms with Gasteiger partial charge >= 0.3 is 5.97 Å². The first-order chi connectivity index (χ1) is 9.81. The van der Waals surface area contributed by atoms with E-state index in [1.165, 1.54) is 0 Å². The Kier molecular flexibility index (Phi) is 10.0. The Morgan fingerprint density at radius 1 is 1.14 bits per heavy atom. The number of aliphatic hydroxyl groups is 4. The number of aliphatic hydroxyl groups excluding tert-OH is 4. The second kappa shape index (κ2) is 10.6. The normalized spacial score (nSPS) is 17.0. The molecule has 0 rings (SSSR count). The van der Waals surface area contributed by atoms with Gasteiger partial charge in [-0.1, -0.05) is 6.42 Å². The van der Waals surface area contributed by atoms with E-state index in [4.69, 9.17) is 21.1 Å². The molecule has 0 bridgehead atoms. The van der Waals surface area contributed by atoms with Crippen LogP contribution >= 0.6 is 0 Å². The highest BCUT2D eigenvalue weighted by Crippen LogP contribution is 2.01. The summed E-state index contributed by atoms with van der Waals surface area (Å²) in [6.07, 6.45) is -3.59. The maximum atomic E-state index is 11.5. The second-order valence-electron chi connectivity index (χ2n) is 4.77. The second-order valence-corrected chi connectivity index (χ2v) is 4.77. The van der Waals surface area contributed by atoms with Gasteiger partial charge in [-0.2, -0.15) is 0 Å². The highest BCUT2D eigenvalue weighted by molar-refractivity contribution is 5.85. The summed E-state index contributed by atoms with van der Waals surface area (Å²) < 4.78 is 0. The number of carbonyl (C=O) groups excluding carboxylic acids is 1. The number of nitrogens with two attached hydrogens (primary N) is 1. The molecule has 0 aliphatic rings. The van der Waals surface area contributed by atoms with Crippen LogP contribution in [0.5, 0.6) is 0 Å². The Morgan fingerprint density at radius 2 is 1.76 bits per heavy atom. The van der Waals surface area contributed by atoms with Crippen LogP contribution in [0, 0.1) is 0 Å². The molecule has 9 heteroatoms. The zero-order chi connectivity index (χ0) is 16.4. The van der Waals surface area contributed by atoms with E-state index < -0.39 is 42.7 Å². The van der Waals surface area contributed by atoms with Crippen LogP contribution < -0.4 is 11.1 Å². The summed E-state index contributed by atoms with van der Waals surface area (Å²) in [6.45, 7) is -0.548. The van der Waals surface area contributed by atoms with Gasteiger partial charge in [0.25, 0.3) is 0 Å². The number of carboxylic acid groups (broad SMARTS) is 1. The van der Waals surface area contributed by atoms with Gasteiger partial charge in [-0.25, -0.2) is 0 Å². The van der Waals surface area contributed by atoms with E-state index in [1.807, 2.05) is 0 Å². The van der Waals surface area contributed by atoms with Crippen molar-refractivity contribution in [1.29, 1.82) is 0 Å². The quantitative estimate of drug-likeness (QED) is 0.183. The molecule has 0 aromatic heterocycles. The van der Waals surface area contributed by atoms with Crippen LogP contribution in [-0.2, 0) is 9.59 Å². The zero-order valence-electron chi connectivity index (χ0n) is 11.7. The summed E-state index contributed by atoms with van der Waals surface area (Å²) in [5, 5.41) is 47.7. The molecule has 0 heterocycles. The number of hydrogen-bond acceptors (Lipinski definition) is 8. The highest BCUT2D eigenvalue weighted by Gasteiger charge is 2.29. The van der Waals surface area contributed by atoms with Crippen LogP contribution in [0.15, 0.2) is 0 Å². The number of nitrogens with one attached hydrogen (secondary N) is 1. The number of hydrogen-bond donors (Lipinski definition) is 7. The van der Waals surface area contributed by atoms with Crippen molar-refractivity contribution in [3.63, 3.8) is 0 Å². The van der Waals surface area contributed by atoms with Crippen molar-refractivity contribution < 1.29 is 35.1 Å². The summed E-state index contributed by atoms with van der Waals surface area (Å²) in [6, 6.07) is -0.899. The molecule has 4 atom stereocenters. The van der Waals surface area contributed by atoms with Gasteiger partial charge in [-0.05, 0) is 19.4 Å². The lowest BCUT2D eigenvalue weighted by molar-refractivity contribution is -0.139. The molecule has 0 spiro atoms. The standard InChI is InChI=1S/C12H24N2O7/c13-7(12(20)21)3-1-2-4-14-5-8(16)10(18)11(19)9(17)6-15/h7,9-11,14-15,17-19H,1-6,13H2,(H,20,21)/t7-,9+,10?,11?/m1/s1. The maximum absolute atomic E-state index is 11.5. The van der Waals surface area contributed by atoms with Crippen LogP contribution in [0.2, 0.25) is 0 Å². The Labute approximate surface area is 122 Å². The zero-order valence-corrected chi connectivity index (χ0v) is 11.7. The van der Waals surface area contributed by atoms with Crippen molar-refractivity contribution in [1.82, 2.24) is 5.32 Å². The van der Waals surface area contributed by atoms with Crippen LogP contribution in [0.1, 0.15) is 19.3 Å². The highest BCUT2D eigenvalue weighted by atomic mass is 16.4. The number of ketones is 1. The van der Waals surface area contributed by atoms with Crippen molar-refractivity contribution in [3.8, 4) is 0 Å². The van der Waals surface area contributed by atoms with Crippen molar-refractivity contribution >= 4 is 11.8 Å². The van der Waals surface area contributed by atoms with Gasteiger partial charge in [0.15, 0.2) is 5.78 Å². The Bertz CT molecular complexity index is 327. The van der Waals surface area contributed by atoms with Crippen LogP contribution in [0.4, 0.5) is 0 Å². The van der Waals surface area contributed by atoms with Crippen molar-refractivity contribution in [2.45, 2.75) is 43.6 Å². The number of Topliss-reactive ketones (excluding diaryl/α,β-unsaturated/α-hetero) is 1. The average Bonchev–Trinajstić information content (AvgIpc) is 2.47. The van der Waals surface area contributed by atoms with E-state index in [0.29, 0.717) is 25.8 Å². The third kappa shape index (κ3) is 8.05. The fourth-order valence-electron chi connectivity index (χ4n) is 1.56. The molecule has 9 nitrogen and oxygen atoms in total. The minimum atomic E-state index is -1.78. The largest absolute Gasteiger partial charge is 0.480 e. The topological polar surface area (TPSA) is 173 Å². The summed E-state index contributed by atoms with van der Waals surface area (Å²) in [7, 11) is 0. The molecular formula is C12H24N2O7. The first-order valence-corrected chi connectivity index (χ1v) is 6.68. The van der Waals surface area contributed by atoms with Gasteiger partial charge in [0.1, 0.15) is 24.4 Å². The lowest BCUT2D eigenvalue weighted by atomic mass is 10.0. The third-order valence-electron chi connectivity index (χ3n) is 2.97. The van der Waals surface area contributed by atoms with E-state index in [2.05, 4.69) is 5.32 Å². The van der Waals surface area contributed by atoms with Crippen LogP contribution in [-0.4, -0.2) is 81.3 Å². The van der Waals surface area contributed by atoms with Gasteiger partial charge in [0, 0.05) is 0 Å². The van der Waals surface area contributed by atoms with Gasteiger partial charge < -0.3 is 36.6 Å². The van der Waals surface area contributed by atoms with Crippen molar-refractivity contribution in [3.05, 3.63) is 0 Å². The lowest BCUT2D eigenvalue weighted by Crippen LogP contribution is -2.46. The molecule has 0 aliphatic heterocycles. The van der Waals surface area contributed by atoms with Crippen LogP contribution in [0.25, 0.3) is 0 Å². The molecule has 0 fully saturated rings. The smallest absolute Gasteiger partial charge is 0.320 e. The predicted octanol–water partition coefficient (Wildman–Crippen LogP) is -3.20. The molecule has 0 radical (unpaired) electrons. The third-order valence-corrected chi connectivity index (χ3v) is 2.97. The van der Waals surface area contributed by atoms with Gasteiger partial charge in [0.05, 0.1) is 13.2 Å². The van der Waals surface area contributed by atoms with E-state index in [9.17, 15) is 19.8 Å². The molecule has 2 unspecified atom stereocenters. The molecule has 0 amide bonds. The van der Waals surface area contributed by atoms with E-state index in [1.54, 1.807) is 0 Å². The number of carboxylic acids is 1. The minimum Gasteiger partial charge on any atom is -0.480 e. The Morgan fingerprint density at radius 3 is 2.29 bits per heavy atom. The molecule has 0 aromatic rings. The summed E-state index contributed by atoms with van der Waals surface area (Å²) in [4.78, 5) is 21.9. The van der Waals surface area contributed by atoms with E-state index in [0.717, 1.165) is 0 Å². The first kappa shape index (κ1) is 19.9. The summed E-state index contributed by atoms with van der Waals surface area (Å²) >= 11 is 0. The first-order valence-electron chi connectivity index (χ1n) is 6.68. The van der Waals surface area contributed by atoms with Gasteiger partial charge in [-0.3, -0.25) is 9.59 Å². The average molecular weight is 308 g/mol. The van der Waals surface area contributed by atoms with E-state index >= 15 is 0 Å². The van der Waals surface area contributed by atoms with E-state index in [-0.39, 0.29) is 6.54 Å². The Hall–Kier alpha value is -1.10. The monoisotopic (exact) mass is 308 g/mol. The minimum absolute atomic E-state index is 0.207. The molecule has 0 saturated heterocycles. The molecule has 0 saturated carbocycles. The van der Waals surface area contributed by atoms with Gasteiger partial charge in [-0.15, -0.1) is 0 Å². The Balaban J connectivity index is 3.77. The SMILES string of the molecule is N[C@H](CCCCNCC(=O)C(O)C(O)[C@@H](O)CO)C(=O)O. The molecule has 8 N–H and O–H groups in total. The molecular weight excluding hydrogens is 284 g/mol. The number of rotatable bonds is 12. The fraction of sp³-hybridized carbons (Fsp3) is 0.833. The summed E-state index contributed by atoms with van der Waals surface area (Å²) in [5.41, 5.74) is 5.31. The summed E-state index contributed by atoms with van der Waals surface area (Å²) in [5.74, 6) is -1.77. The van der Waals surface area contributed by atoms with Crippen molar-refractivity contribution in [2.24, 2.45) is 5.73 Å². The number of carbonyl (C=O) groups is 2. The fourth-order valence-corrected chi connectivity index (χ4v) is 1.56. The number of aliphatic carboxylic acids is 1. The van der Waals surface area contributed by atoms with Gasteiger partial charge in [0.2, 0.25) is 0 Å². The molecule has 21 heavy (non-hydrogen) atoms.